The molecule has 0 fully saturated rings. The highest BCUT2D eigenvalue weighted by Crippen LogP contribution is 2.39. The van der Waals surface area contributed by atoms with Gasteiger partial charge >= 0.3 is 0 Å². The van der Waals surface area contributed by atoms with Crippen molar-refractivity contribution in [3.05, 3.63) is 87.1 Å². The van der Waals surface area contributed by atoms with Gasteiger partial charge in [0.2, 0.25) is 0 Å². The third-order valence-corrected chi connectivity index (χ3v) is 5.37. The average Bonchev–Trinajstić information content (AvgIpc) is 3.29. The van der Waals surface area contributed by atoms with Crippen molar-refractivity contribution < 1.29 is 18.9 Å². The van der Waals surface area contributed by atoms with Crippen molar-refractivity contribution in [2.75, 3.05) is 12.0 Å². The van der Waals surface area contributed by atoms with E-state index in [1.165, 1.54) is 6.07 Å². The molecule has 3 aromatic rings. The van der Waals surface area contributed by atoms with Crippen LogP contribution < -0.4 is 15.0 Å². The summed E-state index contributed by atoms with van der Waals surface area (Å²) in [5.74, 6) is 0.613. The number of nitro groups is 1. The minimum absolute atomic E-state index is 0.102. The molecule has 9 nitrogen and oxygen atoms in total. The van der Waals surface area contributed by atoms with Crippen molar-refractivity contribution in [2.45, 2.75) is 6.17 Å². The van der Waals surface area contributed by atoms with Crippen LogP contribution in [-0.2, 0) is 4.79 Å². The molecule has 1 N–H and O–H groups in total. The molecule has 1 unspecified atom stereocenters. The third-order valence-electron chi connectivity index (χ3n) is 4.93. The fourth-order valence-electron chi connectivity index (χ4n) is 3.40. The highest BCUT2D eigenvalue weighted by atomic mass is 32.1. The van der Waals surface area contributed by atoms with Crippen LogP contribution in [0.15, 0.2) is 75.7 Å². The van der Waals surface area contributed by atoms with Gasteiger partial charge in [-0.2, -0.15) is 5.26 Å². The maximum Gasteiger partial charge on any atom is 0.280 e. The van der Waals surface area contributed by atoms with Crippen LogP contribution in [0.4, 0.5) is 11.4 Å². The number of benzene rings is 2. The van der Waals surface area contributed by atoms with E-state index in [1.54, 1.807) is 66.6 Å². The van der Waals surface area contributed by atoms with E-state index in [0.717, 1.165) is 0 Å². The Balaban J connectivity index is 1.80. The first-order valence-corrected chi connectivity index (χ1v) is 9.80. The minimum Gasteiger partial charge on any atom is -0.497 e. The Bertz CT molecular complexity index is 1280. The van der Waals surface area contributed by atoms with Crippen LogP contribution >= 0.6 is 12.6 Å². The summed E-state index contributed by atoms with van der Waals surface area (Å²) < 4.78 is 11.1. The average molecular weight is 448 g/mol. The Morgan fingerprint density at radius 3 is 2.56 bits per heavy atom. The molecule has 4 rings (SSSR count). The van der Waals surface area contributed by atoms with E-state index in [9.17, 15) is 20.2 Å². The Kier molecular flexibility index (Phi) is 5.57. The van der Waals surface area contributed by atoms with Crippen LogP contribution in [0.25, 0.3) is 11.3 Å². The van der Waals surface area contributed by atoms with Crippen molar-refractivity contribution in [1.82, 2.24) is 5.32 Å². The lowest BCUT2D eigenvalue weighted by Gasteiger charge is -2.36. The smallest absolute Gasteiger partial charge is 0.280 e. The van der Waals surface area contributed by atoms with Gasteiger partial charge in [-0.05, 0) is 42.5 Å². The standard InChI is InChI=1S/C22H16N4O5S/c1-30-14-8-6-13(7-9-14)25-20(24-21(27)16(12-23)22(25)32)19-11-10-18(31-19)15-4-2-3-5-17(15)26(28)29/h2-11,20,32H,1H3,(H,24,27). The van der Waals surface area contributed by atoms with Gasteiger partial charge in [0.15, 0.2) is 6.17 Å². The predicted molar refractivity (Wildman–Crippen MR) is 119 cm³/mol. The van der Waals surface area contributed by atoms with E-state index in [1.807, 2.05) is 6.07 Å². The Morgan fingerprint density at radius 1 is 1.19 bits per heavy atom. The number of furan rings is 1. The van der Waals surface area contributed by atoms with Crippen molar-refractivity contribution in [1.29, 1.82) is 5.26 Å². The van der Waals surface area contributed by atoms with Crippen molar-refractivity contribution in [3.63, 3.8) is 0 Å². The van der Waals surface area contributed by atoms with E-state index in [0.29, 0.717) is 22.8 Å². The Hall–Kier alpha value is -4.23. The number of nitro benzene ring substituents is 1. The maximum atomic E-state index is 12.5. The lowest BCUT2D eigenvalue weighted by Crippen LogP contribution is -2.45. The van der Waals surface area contributed by atoms with Crippen molar-refractivity contribution >= 4 is 29.9 Å². The number of nitrogens with zero attached hydrogens (tertiary/aromatic N) is 3. The fraction of sp³-hybridized carbons (Fsp3) is 0.0909. The number of methoxy groups -OCH3 is 1. The zero-order valence-corrected chi connectivity index (χ0v) is 17.6. The van der Waals surface area contributed by atoms with Gasteiger partial charge in [-0.25, -0.2) is 0 Å². The van der Waals surface area contributed by atoms with Crippen LogP contribution in [0.5, 0.6) is 5.75 Å². The summed E-state index contributed by atoms with van der Waals surface area (Å²) in [5.41, 5.74) is 0.680. The lowest BCUT2D eigenvalue weighted by molar-refractivity contribution is -0.384. The number of hydrogen-bond donors (Lipinski definition) is 2. The van der Waals surface area contributed by atoms with Gasteiger partial charge in [0.1, 0.15) is 28.9 Å². The molecular formula is C22H16N4O5S. The summed E-state index contributed by atoms with van der Waals surface area (Å²) in [6.45, 7) is 0. The molecule has 1 amide bonds. The molecule has 1 atom stereocenters. The number of hydrogen-bond acceptors (Lipinski definition) is 8. The van der Waals surface area contributed by atoms with Crippen LogP contribution in [0.3, 0.4) is 0 Å². The zero-order chi connectivity index (χ0) is 22.8. The number of carbonyl (C=O) groups excluding carboxylic acids is 1. The van der Waals surface area contributed by atoms with Crippen LogP contribution in [0.2, 0.25) is 0 Å². The highest BCUT2D eigenvalue weighted by molar-refractivity contribution is 7.84. The quantitative estimate of drug-likeness (QED) is 0.341. The number of nitrogens with one attached hydrogen (secondary N) is 1. The number of para-hydroxylation sites is 1. The molecule has 0 aliphatic carbocycles. The zero-order valence-electron chi connectivity index (χ0n) is 16.7. The number of rotatable bonds is 5. The largest absolute Gasteiger partial charge is 0.497 e. The number of thiol groups is 1. The van der Waals surface area contributed by atoms with E-state index in [-0.39, 0.29) is 22.0 Å². The normalized spacial score (nSPS) is 15.8. The molecule has 1 aromatic heterocycles. The monoisotopic (exact) mass is 448 g/mol. The fourth-order valence-corrected chi connectivity index (χ4v) is 3.79. The second-order valence-electron chi connectivity index (χ2n) is 6.73. The third kappa shape index (κ3) is 3.66. The molecular weight excluding hydrogens is 432 g/mol. The number of nitriles is 1. The number of carbonyl (C=O) groups is 1. The van der Waals surface area contributed by atoms with Gasteiger partial charge < -0.3 is 19.4 Å². The van der Waals surface area contributed by atoms with Crippen molar-refractivity contribution in [3.8, 4) is 23.1 Å². The SMILES string of the molecule is COc1ccc(N2C(S)=C(C#N)C(=O)NC2c2ccc(-c3ccccc3[N+](=O)[O-])o2)cc1. The van der Waals surface area contributed by atoms with Gasteiger partial charge in [-0.3, -0.25) is 14.9 Å². The van der Waals surface area contributed by atoms with Gasteiger partial charge in [0, 0.05) is 11.8 Å². The number of amides is 1. The predicted octanol–water partition coefficient (Wildman–Crippen LogP) is 4.16. The lowest BCUT2D eigenvalue weighted by atomic mass is 10.1. The maximum absolute atomic E-state index is 12.5. The van der Waals surface area contributed by atoms with Gasteiger partial charge in [-0.15, -0.1) is 12.6 Å². The summed E-state index contributed by atoms with van der Waals surface area (Å²) in [6.07, 6.45) is -0.836. The molecule has 32 heavy (non-hydrogen) atoms. The summed E-state index contributed by atoms with van der Waals surface area (Å²) in [4.78, 5) is 25.0. The second kappa shape index (κ2) is 8.49. The molecule has 2 heterocycles. The van der Waals surface area contributed by atoms with E-state index < -0.39 is 17.0 Å². The molecule has 1 aliphatic heterocycles. The summed E-state index contributed by atoms with van der Waals surface area (Å²) in [7, 11) is 1.55. The molecule has 0 saturated carbocycles. The molecule has 0 saturated heterocycles. The number of anilines is 1. The molecule has 1 aliphatic rings. The first-order chi connectivity index (χ1) is 15.4. The van der Waals surface area contributed by atoms with Crippen molar-refractivity contribution in [2.24, 2.45) is 0 Å². The summed E-state index contributed by atoms with van der Waals surface area (Å²) in [5, 5.41) is 23.7. The molecule has 0 spiro atoms. The highest BCUT2D eigenvalue weighted by Gasteiger charge is 2.36. The molecule has 10 heteroatoms. The van der Waals surface area contributed by atoms with Crippen LogP contribution in [0, 0.1) is 21.4 Å². The number of ether oxygens (including phenoxy) is 1. The Labute approximate surface area is 188 Å². The van der Waals surface area contributed by atoms with Gasteiger partial charge in [0.05, 0.1) is 22.6 Å². The topological polar surface area (TPSA) is 122 Å². The molecule has 2 aromatic carbocycles. The summed E-state index contributed by atoms with van der Waals surface area (Å²) >= 11 is 4.44. The van der Waals surface area contributed by atoms with E-state index >= 15 is 0 Å². The van der Waals surface area contributed by atoms with E-state index in [2.05, 4.69) is 17.9 Å². The molecule has 160 valence electrons. The van der Waals surface area contributed by atoms with Crippen LogP contribution in [0.1, 0.15) is 11.9 Å². The summed E-state index contributed by atoms with van der Waals surface area (Å²) in [6, 6.07) is 18.3. The van der Waals surface area contributed by atoms with Gasteiger partial charge in [-0.1, -0.05) is 12.1 Å². The first kappa shape index (κ1) is 21.0. The minimum atomic E-state index is -0.836. The Morgan fingerprint density at radius 2 is 1.91 bits per heavy atom. The van der Waals surface area contributed by atoms with Crippen LogP contribution in [-0.4, -0.2) is 17.9 Å². The molecule has 0 radical (unpaired) electrons. The first-order valence-electron chi connectivity index (χ1n) is 9.35. The molecule has 0 bridgehead atoms. The van der Waals surface area contributed by atoms with E-state index in [4.69, 9.17) is 9.15 Å². The second-order valence-corrected chi connectivity index (χ2v) is 7.15. The van der Waals surface area contributed by atoms with Gasteiger partial charge in [0.25, 0.3) is 11.6 Å².